The van der Waals surface area contributed by atoms with Gasteiger partial charge in [0.25, 0.3) is 5.56 Å². The smallest absolute Gasteiger partial charge is 0.338 e. The standard InChI is InChI=1S/C25H24N2O5S/c1-5-32-24(29)21-15(2)26-25-27(22(21)16-9-7-6-8-10-16)23(28)20(33-25)14-17-13-18(30-3)11-12-19(17)31-4/h6-14,22H,5H2,1-4H3/b20-14-. The Morgan fingerprint density at radius 3 is 2.58 bits per heavy atom. The van der Waals surface area contributed by atoms with Gasteiger partial charge >= 0.3 is 5.97 Å². The molecule has 2 aromatic carbocycles. The van der Waals surface area contributed by atoms with Crippen molar-refractivity contribution in [2.24, 2.45) is 4.99 Å². The zero-order chi connectivity index (χ0) is 23.5. The minimum absolute atomic E-state index is 0.233. The molecule has 1 unspecified atom stereocenters. The lowest BCUT2D eigenvalue weighted by Gasteiger charge is -2.24. The first-order valence-electron chi connectivity index (χ1n) is 10.4. The molecule has 7 nitrogen and oxygen atoms in total. The first-order valence-corrected chi connectivity index (χ1v) is 11.3. The summed E-state index contributed by atoms with van der Waals surface area (Å²) < 4.78 is 18.1. The Hall–Kier alpha value is -3.65. The van der Waals surface area contributed by atoms with Gasteiger partial charge in [0.2, 0.25) is 0 Å². The van der Waals surface area contributed by atoms with E-state index in [-0.39, 0.29) is 12.2 Å². The van der Waals surface area contributed by atoms with E-state index >= 15 is 0 Å². The first kappa shape index (κ1) is 22.5. The molecule has 0 N–H and O–H groups in total. The van der Waals surface area contributed by atoms with Crippen LogP contribution >= 0.6 is 11.3 Å². The molecular weight excluding hydrogens is 440 g/mol. The van der Waals surface area contributed by atoms with Crippen molar-refractivity contribution < 1.29 is 19.0 Å². The zero-order valence-corrected chi connectivity index (χ0v) is 19.6. The van der Waals surface area contributed by atoms with E-state index in [0.29, 0.717) is 37.7 Å². The van der Waals surface area contributed by atoms with E-state index in [1.54, 1.807) is 56.9 Å². The summed E-state index contributed by atoms with van der Waals surface area (Å²) in [5, 5.41) is 0. The van der Waals surface area contributed by atoms with E-state index in [9.17, 15) is 9.59 Å². The van der Waals surface area contributed by atoms with Crippen molar-refractivity contribution in [3.8, 4) is 11.5 Å². The fraction of sp³-hybridized carbons (Fsp3) is 0.240. The Morgan fingerprint density at radius 2 is 1.91 bits per heavy atom. The third-order valence-corrected chi connectivity index (χ3v) is 6.34. The lowest BCUT2D eigenvalue weighted by Crippen LogP contribution is -2.39. The Bertz CT molecular complexity index is 1400. The molecule has 0 radical (unpaired) electrons. The Balaban J connectivity index is 1.96. The molecule has 1 aromatic heterocycles. The highest BCUT2D eigenvalue weighted by Crippen LogP contribution is 2.30. The summed E-state index contributed by atoms with van der Waals surface area (Å²) in [6.07, 6.45) is 1.76. The van der Waals surface area contributed by atoms with Crippen LogP contribution in [0.1, 0.15) is 31.0 Å². The molecule has 170 valence electrons. The number of fused-ring (bicyclic) bond motifs is 1. The largest absolute Gasteiger partial charge is 0.497 e. The van der Waals surface area contributed by atoms with Crippen LogP contribution in [-0.2, 0) is 9.53 Å². The summed E-state index contributed by atoms with van der Waals surface area (Å²) in [6.45, 7) is 3.75. The number of hydrogen-bond donors (Lipinski definition) is 0. The normalized spacial score (nSPS) is 15.6. The maximum absolute atomic E-state index is 13.6. The topological polar surface area (TPSA) is 79.1 Å². The summed E-state index contributed by atoms with van der Waals surface area (Å²) in [6, 6.07) is 14.2. The van der Waals surface area contributed by atoms with E-state index in [1.165, 1.54) is 11.3 Å². The molecular formula is C25H24N2O5S. The number of esters is 1. The molecule has 1 aliphatic rings. The van der Waals surface area contributed by atoms with Crippen molar-refractivity contribution in [1.29, 1.82) is 0 Å². The molecule has 0 saturated carbocycles. The van der Waals surface area contributed by atoms with Gasteiger partial charge in [-0.3, -0.25) is 9.36 Å². The SMILES string of the molecule is CCOC(=O)C1=C(C)N=c2s/c(=C\c3cc(OC)ccc3OC)c(=O)n2C1c1ccccc1. The predicted molar refractivity (Wildman–Crippen MR) is 126 cm³/mol. The summed E-state index contributed by atoms with van der Waals surface area (Å²) in [5.41, 5.74) is 2.17. The molecule has 1 aliphatic heterocycles. The van der Waals surface area contributed by atoms with E-state index in [0.717, 1.165) is 5.56 Å². The average Bonchev–Trinajstić information content (AvgIpc) is 3.13. The lowest BCUT2D eigenvalue weighted by atomic mass is 9.96. The fourth-order valence-electron chi connectivity index (χ4n) is 3.84. The molecule has 2 heterocycles. The van der Waals surface area contributed by atoms with Crippen LogP contribution in [-0.4, -0.2) is 31.4 Å². The molecule has 0 amide bonds. The third-order valence-electron chi connectivity index (χ3n) is 5.36. The third kappa shape index (κ3) is 4.21. The molecule has 0 spiro atoms. The van der Waals surface area contributed by atoms with E-state index in [1.807, 2.05) is 30.3 Å². The maximum atomic E-state index is 13.6. The molecule has 1 atom stereocenters. The van der Waals surface area contributed by atoms with E-state index in [2.05, 4.69) is 4.99 Å². The van der Waals surface area contributed by atoms with E-state index in [4.69, 9.17) is 14.2 Å². The zero-order valence-electron chi connectivity index (χ0n) is 18.8. The summed E-state index contributed by atoms with van der Waals surface area (Å²) >= 11 is 1.26. The second-order valence-electron chi connectivity index (χ2n) is 7.32. The minimum atomic E-state index is -0.629. The van der Waals surface area contributed by atoms with Gasteiger partial charge in [-0.25, -0.2) is 9.79 Å². The van der Waals surface area contributed by atoms with Gasteiger partial charge < -0.3 is 14.2 Å². The van der Waals surface area contributed by atoms with Gasteiger partial charge in [0.05, 0.1) is 42.7 Å². The molecule has 4 rings (SSSR count). The van der Waals surface area contributed by atoms with Crippen molar-refractivity contribution in [3.05, 3.63) is 90.6 Å². The lowest BCUT2D eigenvalue weighted by molar-refractivity contribution is -0.139. The van der Waals surface area contributed by atoms with Crippen LogP contribution in [0.15, 0.2) is 69.6 Å². The summed E-state index contributed by atoms with van der Waals surface area (Å²) in [5.74, 6) is 0.790. The van der Waals surface area contributed by atoms with Gasteiger partial charge in [0, 0.05) is 5.56 Å². The van der Waals surface area contributed by atoms with Gasteiger partial charge in [-0.2, -0.15) is 0 Å². The molecule has 8 heteroatoms. The van der Waals surface area contributed by atoms with Crippen LogP contribution in [0.4, 0.5) is 0 Å². The number of hydrogen-bond acceptors (Lipinski definition) is 7. The van der Waals surface area contributed by atoms with Crippen LogP contribution < -0.4 is 24.4 Å². The van der Waals surface area contributed by atoms with Crippen molar-refractivity contribution in [2.75, 3.05) is 20.8 Å². The number of thiazole rings is 1. The quantitative estimate of drug-likeness (QED) is 0.524. The van der Waals surface area contributed by atoms with Crippen LogP contribution in [0, 0.1) is 0 Å². The van der Waals surface area contributed by atoms with Crippen molar-refractivity contribution >= 4 is 23.4 Å². The van der Waals surface area contributed by atoms with E-state index < -0.39 is 12.0 Å². The highest BCUT2D eigenvalue weighted by Gasteiger charge is 2.33. The molecule has 0 aliphatic carbocycles. The fourth-order valence-corrected chi connectivity index (χ4v) is 4.87. The summed E-state index contributed by atoms with van der Waals surface area (Å²) in [7, 11) is 3.16. The number of benzene rings is 2. The van der Waals surface area contributed by atoms with Crippen LogP contribution in [0.5, 0.6) is 11.5 Å². The van der Waals surface area contributed by atoms with Crippen LogP contribution in [0.3, 0.4) is 0 Å². The van der Waals surface area contributed by atoms with Gasteiger partial charge in [-0.05, 0) is 43.7 Å². The number of aromatic nitrogens is 1. The Kier molecular flexibility index (Phi) is 6.46. The number of nitrogens with zero attached hydrogens (tertiary/aromatic N) is 2. The van der Waals surface area contributed by atoms with Gasteiger partial charge in [-0.15, -0.1) is 0 Å². The van der Waals surface area contributed by atoms with Crippen molar-refractivity contribution in [2.45, 2.75) is 19.9 Å². The predicted octanol–water partition coefficient (Wildman–Crippen LogP) is 2.82. The molecule has 0 saturated heterocycles. The van der Waals surface area contributed by atoms with Gasteiger partial charge in [0.15, 0.2) is 4.80 Å². The molecule has 33 heavy (non-hydrogen) atoms. The molecule has 3 aromatic rings. The van der Waals surface area contributed by atoms with Gasteiger partial charge in [-0.1, -0.05) is 41.7 Å². The number of methoxy groups -OCH3 is 2. The number of carbonyl (C=O) groups is 1. The average molecular weight is 465 g/mol. The first-order chi connectivity index (χ1) is 16.0. The van der Waals surface area contributed by atoms with Crippen molar-refractivity contribution in [1.82, 2.24) is 4.57 Å². The Labute approximate surface area is 194 Å². The highest BCUT2D eigenvalue weighted by molar-refractivity contribution is 7.07. The van der Waals surface area contributed by atoms with Crippen LogP contribution in [0.2, 0.25) is 0 Å². The molecule has 0 fully saturated rings. The number of ether oxygens (including phenoxy) is 3. The monoisotopic (exact) mass is 464 g/mol. The number of carbonyl (C=O) groups excluding carboxylic acids is 1. The minimum Gasteiger partial charge on any atom is -0.497 e. The van der Waals surface area contributed by atoms with Crippen LogP contribution in [0.25, 0.3) is 6.08 Å². The van der Waals surface area contributed by atoms with Gasteiger partial charge in [0.1, 0.15) is 11.5 Å². The highest BCUT2D eigenvalue weighted by atomic mass is 32.1. The number of allylic oxidation sites excluding steroid dienone is 1. The second kappa shape index (κ2) is 9.46. The maximum Gasteiger partial charge on any atom is 0.338 e. The summed E-state index contributed by atoms with van der Waals surface area (Å²) in [4.78, 5) is 31.6. The Morgan fingerprint density at radius 1 is 1.15 bits per heavy atom. The number of rotatable bonds is 6. The molecule has 0 bridgehead atoms. The van der Waals surface area contributed by atoms with Crippen molar-refractivity contribution in [3.63, 3.8) is 0 Å². The second-order valence-corrected chi connectivity index (χ2v) is 8.33.